The molecule has 1 heterocycles. The van der Waals surface area contributed by atoms with Gasteiger partial charge >= 0.3 is 0 Å². The van der Waals surface area contributed by atoms with Crippen LogP contribution in [0, 0.1) is 12.8 Å². The summed E-state index contributed by atoms with van der Waals surface area (Å²) < 4.78 is 0. The lowest BCUT2D eigenvalue weighted by atomic mass is 10.1. The second-order valence-corrected chi connectivity index (χ2v) is 4.76. The summed E-state index contributed by atoms with van der Waals surface area (Å²) in [5.41, 5.74) is 1.10. The van der Waals surface area contributed by atoms with Gasteiger partial charge in [-0.25, -0.2) is 9.97 Å². The van der Waals surface area contributed by atoms with Crippen LogP contribution in [-0.4, -0.2) is 16.0 Å². The highest BCUT2D eigenvalue weighted by molar-refractivity contribution is 5.01. The molecule has 88 valence electrons. The van der Waals surface area contributed by atoms with Crippen LogP contribution in [0.4, 0.5) is 0 Å². The molecule has 2 rings (SSSR count). The topological polar surface area (TPSA) is 37.8 Å². The van der Waals surface area contributed by atoms with Crippen LogP contribution in [0.15, 0.2) is 12.3 Å². The molecule has 0 spiro atoms. The molecule has 0 aromatic carbocycles. The van der Waals surface area contributed by atoms with E-state index in [2.05, 4.69) is 22.2 Å². The Hall–Kier alpha value is -0.960. The van der Waals surface area contributed by atoms with Gasteiger partial charge in [0.2, 0.25) is 0 Å². The molecule has 3 nitrogen and oxygen atoms in total. The van der Waals surface area contributed by atoms with Gasteiger partial charge in [-0.05, 0) is 31.7 Å². The van der Waals surface area contributed by atoms with Gasteiger partial charge in [0.25, 0.3) is 0 Å². The van der Waals surface area contributed by atoms with Gasteiger partial charge in [0, 0.05) is 18.8 Å². The molecule has 1 fully saturated rings. The molecule has 0 aliphatic heterocycles. The third-order valence-electron chi connectivity index (χ3n) is 3.21. The number of hydrogen-bond acceptors (Lipinski definition) is 3. The number of aromatic nitrogens is 2. The fourth-order valence-corrected chi connectivity index (χ4v) is 2.00. The average Bonchev–Trinajstić information content (AvgIpc) is 3.08. The SMILES string of the molecule is CCC(CC1CC1)NCc1ccnc(C)n1. The van der Waals surface area contributed by atoms with E-state index < -0.39 is 0 Å². The Morgan fingerprint density at radius 2 is 2.31 bits per heavy atom. The third-order valence-corrected chi connectivity index (χ3v) is 3.21. The van der Waals surface area contributed by atoms with Crippen molar-refractivity contribution >= 4 is 0 Å². The first-order valence-electron chi connectivity index (χ1n) is 6.30. The lowest BCUT2D eigenvalue weighted by Crippen LogP contribution is -2.28. The Morgan fingerprint density at radius 3 is 2.94 bits per heavy atom. The largest absolute Gasteiger partial charge is 0.308 e. The normalized spacial score (nSPS) is 17.4. The van der Waals surface area contributed by atoms with Crippen molar-refractivity contribution in [3.8, 4) is 0 Å². The van der Waals surface area contributed by atoms with E-state index in [-0.39, 0.29) is 0 Å². The van der Waals surface area contributed by atoms with Gasteiger partial charge in [0.1, 0.15) is 5.82 Å². The highest BCUT2D eigenvalue weighted by atomic mass is 14.9. The molecule has 1 N–H and O–H groups in total. The summed E-state index contributed by atoms with van der Waals surface area (Å²) in [4.78, 5) is 8.51. The van der Waals surface area contributed by atoms with Crippen LogP contribution in [0.1, 0.15) is 44.1 Å². The fourth-order valence-electron chi connectivity index (χ4n) is 2.00. The molecule has 1 atom stereocenters. The first kappa shape index (κ1) is 11.5. The zero-order valence-corrected chi connectivity index (χ0v) is 10.2. The quantitative estimate of drug-likeness (QED) is 0.798. The molecule has 1 saturated carbocycles. The van der Waals surface area contributed by atoms with Crippen molar-refractivity contribution < 1.29 is 0 Å². The number of nitrogens with zero attached hydrogens (tertiary/aromatic N) is 2. The molecule has 0 bridgehead atoms. The van der Waals surface area contributed by atoms with Crippen molar-refractivity contribution in [1.29, 1.82) is 0 Å². The number of nitrogens with one attached hydrogen (secondary N) is 1. The minimum atomic E-state index is 0.655. The van der Waals surface area contributed by atoms with E-state index in [9.17, 15) is 0 Å². The Labute approximate surface area is 97.7 Å². The van der Waals surface area contributed by atoms with Gasteiger partial charge in [-0.2, -0.15) is 0 Å². The minimum Gasteiger partial charge on any atom is -0.308 e. The lowest BCUT2D eigenvalue weighted by molar-refractivity contribution is 0.442. The number of hydrogen-bond donors (Lipinski definition) is 1. The van der Waals surface area contributed by atoms with Crippen molar-refractivity contribution in [3.63, 3.8) is 0 Å². The molecule has 0 amide bonds. The minimum absolute atomic E-state index is 0.655. The molecule has 0 saturated heterocycles. The van der Waals surface area contributed by atoms with Crippen LogP contribution in [0.3, 0.4) is 0 Å². The van der Waals surface area contributed by atoms with Crippen molar-refractivity contribution in [1.82, 2.24) is 15.3 Å². The van der Waals surface area contributed by atoms with Crippen LogP contribution in [0.25, 0.3) is 0 Å². The predicted octanol–water partition coefficient (Wildman–Crippen LogP) is 2.45. The van der Waals surface area contributed by atoms with E-state index in [0.29, 0.717) is 6.04 Å². The van der Waals surface area contributed by atoms with E-state index in [1.165, 1.54) is 25.7 Å². The molecular formula is C13H21N3. The second kappa shape index (κ2) is 5.39. The predicted molar refractivity (Wildman–Crippen MR) is 65.0 cm³/mol. The summed E-state index contributed by atoms with van der Waals surface area (Å²) in [5, 5.41) is 3.59. The first-order chi connectivity index (χ1) is 7.78. The third kappa shape index (κ3) is 3.56. The van der Waals surface area contributed by atoms with Gasteiger partial charge in [0.05, 0.1) is 5.69 Å². The van der Waals surface area contributed by atoms with Gasteiger partial charge in [0.15, 0.2) is 0 Å². The van der Waals surface area contributed by atoms with Crippen molar-refractivity contribution in [2.45, 2.75) is 52.1 Å². The molecule has 1 aliphatic carbocycles. The van der Waals surface area contributed by atoms with E-state index >= 15 is 0 Å². The molecule has 16 heavy (non-hydrogen) atoms. The molecule has 1 aromatic heterocycles. The zero-order valence-electron chi connectivity index (χ0n) is 10.2. The maximum atomic E-state index is 4.40. The molecule has 3 heteroatoms. The van der Waals surface area contributed by atoms with E-state index in [4.69, 9.17) is 0 Å². The summed E-state index contributed by atoms with van der Waals surface area (Å²) in [5.74, 6) is 1.85. The average molecular weight is 219 g/mol. The van der Waals surface area contributed by atoms with Crippen LogP contribution < -0.4 is 5.32 Å². The first-order valence-corrected chi connectivity index (χ1v) is 6.30. The maximum absolute atomic E-state index is 4.40. The monoisotopic (exact) mass is 219 g/mol. The summed E-state index contributed by atoms with van der Waals surface area (Å²) in [6, 6.07) is 2.65. The highest BCUT2D eigenvalue weighted by Gasteiger charge is 2.24. The fraction of sp³-hybridized carbons (Fsp3) is 0.692. The van der Waals surface area contributed by atoms with Crippen LogP contribution in [0.2, 0.25) is 0 Å². The Balaban J connectivity index is 1.80. The molecule has 0 radical (unpaired) electrons. The van der Waals surface area contributed by atoms with Gasteiger partial charge in [-0.3, -0.25) is 0 Å². The van der Waals surface area contributed by atoms with E-state index in [0.717, 1.165) is 24.0 Å². The second-order valence-electron chi connectivity index (χ2n) is 4.76. The Morgan fingerprint density at radius 1 is 1.50 bits per heavy atom. The standard InChI is InChI=1S/C13H21N3/c1-3-12(8-11-4-5-11)15-9-13-6-7-14-10(2)16-13/h6-7,11-12,15H,3-5,8-9H2,1-2H3. The summed E-state index contributed by atoms with van der Waals surface area (Å²) in [6.45, 7) is 5.06. The van der Waals surface area contributed by atoms with E-state index in [1.54, 1.807) is 0 Å². The van der Waals surface area contributed by atoms with Crippen LogP contribution in [0.5, 0.6) is 0 Å². The summed E-state index contributed by atoms with van der Waals surface area (Å²) in [7, 11) is 0. The molecule has 1 aromatic rings. The molecule has 1 aliphatic rings. The zero-order chi connectivity index (χ0) is 11.4. The Bertz CT molecular complexity index is 334. The van der Waals surface area contributed by atoms with E-state index in [1.807, 2.05) is 19.2 Å². The number of aryl methyl sites for hydroxylation is 1. The highest BCUT2D eigenvalue weighted by Crippen LogP contribution is 2.34. The smallest absolute Gasteiger partial charge is 0.125 e. The molecule has 1 unspecified atom stereocenters. The van der Waals surface area contributed by atoms with Crippen molar-refractivity contribution in [2.75, 3.05) is 0 Å². The van der Waals surface area contributed by atoms with Gasteiger partial charge < -0.3 is 5.32 Å². The lowest BCUT2D eigenvalue weighted by Gasteiger charge is -2.16. The van der Waals surface area contributed by atoms with Crippen LogP contribution in [-0.2, 0) is 6.54 Å². The Kier molecular flexibility index (Phi) is 3.88. The maximum Gasteiger partial charge on any atom is 0.125 e. The summed E-state index contributed by atoms with van der Waals surface area (Å²) in [6.07, 6.45) is 7.25. The van der Waals surface area contributed by atoms with Gasteiger partial charge in [-0.1, -0.05) is 19.8 Å². The number of rotatable bonds is 6. The van der Waals surface area contributed by atoms with Crippen LogP contribution >= 0.6 is 0 Å². The van der Waals surface area contributed by atoms with Crippen molar-refractivity contribution in [2.24, 2.45) is 5.92 Å². The van der Waals surface area contributed by atoms with Crippen molar-refractivity contribution in [3.05, 3.63) is 23.8 Å². The molecular weight excluding hydrogens is 198 g/mol. The van der Waals surface area contributed by atoms with Gasteiger partial charge in [-0.15, -0.1) is 0 Å². The summed E-state index contributed by atoms with van der Waals surface area (Å²) >= 11 is 0.